The van der Waals surface area contributed by atoms with Crippen molar-refractivity contribution >= 4 is 23.2 Å². The molecule has 2 heterocycles. The van der Waals surface area contributed by atoms with Gasteiger partial charge in [-0.3, -0.25) is 4.79 Å². The fourth-order valence-corrected chi connectivity index (χ4v) is 2.63. The van der Waals surface area contributed by atoms with Crippen LogP contribution in [0.4, 0.5) is 18.9 Å². The monoisotopic (exact) mass is 440 g/mol. The predicted molar refractivity (Wildman–Crippen MR) is 102 cm³/mol. The van der Waals surface area contributed by atoms with Crippen LogP contribution in [0.25, 0.3) is 0 Å². The third-order valence-corrected chi connectivity index (χ3v) is 3.99. The van der Waals surface area contributed by atoms with Crippen LogP contribution in [-0.4, -0.2) is 23.7 Å². The molecule has 0 saturated carbocycles. The first-order valence-electron chi connectivity index (χ1n) is 8.66. The highest BCUT2D eigenvalue weighted by atomic mass is 35.5. The number of aromatic nitrogens is 1. The van der Waals surface area contributed by atoms with Crippen molar-refractivity contribution in [1.82, 2.24) is 4.98 Å². The largest absolute Gasteiger partial charge is 0.467 e. The number of amides is 1. The minimum absolute atomic E-state index is 0.0684. The van der Waals surface area contributed by atoms with Crippen LogP contribution in [0.15, 0.2) is 59.3 Å². The summed E-state index contributed by atoms with van der Waals surface area (Å²) in [6.45, 7) is -0.903. The average Bonchev–Trinajstić information content (AvgIpc) is 3.20. The molecule has 0 aliphatic carbocycles. The maximum atomic E-state index is 12.4. The number of nitrogens with one attached hydrogen (secondary N) is 1. The summed E-state index contributed by atoms with van der Waals surface area (Å²) < 4.78 is 51.9. The summed E-state index contributed by atoms with van der Waals surface area (Å²) in [7, 11) is 0. The van der Waals surface area contributed by atoms with Crippen molar-refractivity contribution in [3.63, 3.8) is 0 Å². The molecule has 30 heavy (non-hydrogen) atoms. The first kappa shape index (κ1) is 21.7. The number of benzene rings is 1. The fourth-order valence-electron chi connectivity index (χ4n) is 2.41. The third kappa shape index (κ3) is 6.50. The van der Waals surface area contributed by atoms with Crippen LogP contribution in [0.3, 0.4) is 0 Å². The lowest BCUT2D eigenvalue weighted by Gasteiger charge is -2.11. The van der Waals surface area contributed by atoms with Gasteiger partial charge in [-0.2, -0.15) is 13.2 Å². The lowest BCUT2D eigenvalue weighted by Crippen LogP contribution is -2.20. The summed E-state index contributed by atoms with van der Waals surface area (Å²) in [4.78, 5) is 16.1. The van der Waals surface area contributed by atoms with Gasteiger partial charge in [0.15, 0.2) is 6.61 Å². The number of pyridine rings is 1. The third-order valence-electron chi connectivity index (χ3n) is 3.72. The standard InChI is InChI=1S/C20H16ClF3N2O4/c21-17-8-14(9-25-19(17)30-12-20(22,23)24)18(27)26-15-4-1-3-13(7-15)10-28-11-16-5-2-6-29-16/h1-9H,10-12H2,(H,26,27). The van der Waals surface area contributed by atoms with Crippen LogP contribution in [0.5, 0.6) is 5.88 Å². The van der Waals surface area contributed by atoms with Gasteiger partial charge in [0.1, 0.15) is 17.4 Å². The Morgan fingerprint density at radius 1 is 1.17 bits per heavy atom. The topological polar surface area (TPSA) is 73.6 Å². The van der Waals surface area contributed by atoms with E-state index in [1.807, 2.05) is 6.07 Å². The Morgan fingerprint density at radius 2 is 2.00 bits per heavy atom. The van der Waals surface area contributed by atoms with Crippen LogP contribution in [0, 0.1) is 0 Å². The molecule has 3 aromatic rings. The van der Waals surface area contributed by atoms with Gasteiger partial charge in [-0.15, -0.1) is 0 Å². The second-order valence-corrected chi connectivity index (χ2v) is 6.55. The second-order valence-electron chi connectivity index (χ2n) is 6.14. The van der Waals surface area contributed by atoms with Crippen LogP contribution in [0.1, 0.15) is 21.7 Å². The van der Waals surface area contributed by atoms with E-state index < -0.39 is 24.6 Å². The van der Waals surface area contributed by atoms with Crippen LogP contribution < -0.4 is 10.1 Å². The highest BCUT2D eigenvalue weighted by Gasteiger charge is 2.29. The summed E-state index contributed by atoms with van der Waals surface area (Å²) in [6.07, 6.45) is -1.87. The Morgan fingerprint density at radius 3 is 2.70 bits per heavy atom. The van der Waals surface area contributed by atoms with E-state index in [2.05, 4.69) is 15.0 Å². The van der Waals surface area contributed by atoms with E-state index in [4.69, 9.17) is 20.8 Å². The van der Waals surface area contributed by atoms with E-state index in [0.29, 0.717) is 24.7 Å². The molecule has 158 valence electrons. The molecule has 0 aliphatic rings. The zero-order valence-corrected chi connectivity index (χ0v) is 16.2. The van der Waals surface area contributed by atoms with E-state index in [9.17, 15) is 18.0 Å². The quantitative estimate of drug-likeness (QED) is 0.518. The number of alkyl halides is 3. The molecular weight excluding hydrogens is 425 g/mol. The van der Waals surface area contributed by atoms with Crippen LogP contribution in [0.2, 0.25) is 5.02 Å². The molecule has 0 spiro atoms. The van der Waals surface area contributed by atoms with E-state index in [-0.39, 0.29) is 10.6 Å². The van der Waals surface area contributed by atoms with Crippen molar-refractivity contribution in [2.75, 3.05) is 11.9 Å². The van der Waals surface area contributed by atoms with Gasteiger partial charge in [-0.25, -0.2) is 4.98 Å². The van der Waals surface area contributed by atoms with Crippen molar-refractivity contribution in [2.24, 2.45) is 0 Å². The van der Waals surface area contributed by atoms with Crippen molar-refractivity contribution < 1.29 is 31.9 Å². The number of nitrogens with zero attached hydrogens (tertiary/aromatic N) is 1. The molecule has 1 amide bonds. The molecule has 1 N–H and O–H groups in total. The number of furan rings is 1. The van der Waals surface area contributed by atoms with Crippen LogP contribution >= 0.6 is 11.6 Å². The van der Waals surface area contributed by atoms with Crippen molar-refractivity contribution in [1.29, 1.82) is 0 Å². The highest BCUT2D eigenvalue weighted by molar-refractivity contribution is 6.32. The molecule has 6 nitrogen and oxygen atoms in total. The van der Waals surface area contributed by atoms with Gasteiger partial charge in [0.2, 0.25) is 5.88 Å². The molecule has 2 aromatic heterocycles. The number of ether oxygens (including phenoxy) is 2. The Hall–Kier alpha value is -3.04. The lowest BCUT2D eigenvalue weighted by atomic mass is 10.2. The van der Waals surface area contributed by atoms with E-state index in [1.165, 1.54) is 6.07 Å². The lowest BCUT2D eigenvalue weighted by molar-refractivity contribution is -0.154. The van der Waals surface area contributed by atoms with Crippen molar-refractivity contribution in [3.05, 3.63) is 76.8 Å². The van der Waals surface area contributed by atoms with Gasteiger partial charge in [-0.05, 0) is 35.9 Å². The van der Waals surface area contributed by atoms with Gasteiger partial charge in [0, 0.05) is 11.9 Å². The molecule has 0 bridgehead atoms. The number of hydrogen-bond acceptors (Lipinski definition) is 5. The number of hydrogen-bond donors (Lipinski definition) is 1. The molecule has 0 unspecified atom stereocenters. The van der Waals surface area contributed by atoms with Gasteiger partial charge >= 0.3 is 6.18 Å². The number of carbonyl (C=O) groups is 1. The number of halogens is 4. The van der Waals surface area contributed by atoms with E-state index in [0.717, 1.165) is 11.8 Å². The maximum Gasteiger partial charge on any atom is 0.422 e. The van der Waals surface area contributed by atoms with Crippen LogP contribution in [-0.2, 0) is 18.0 Å². The normalized spacial score (nSPS) is 11.3. The minimum atomic E-state index is -4.52. The zero-order chi connectivity index (χ0) is 21.6. The minimum Gasteiger partial charge on any atom is -0.467 e. The molecule has 0 radical (unpaired) electrons. The van der Waals surface area contributed by atoms with Gasteiger partial charge < -0.3 is 19.2 Å². The van der Waals surface area contributed by atoms with Gasteiger partial charge in [0.05, 0.1) is 18.4 Å². The van der Waals surface area contributed by atoms with Crippen molar-refractivity contribution in [2.45, 2.75) is 19.4 Å². The summed E-state index contributed by atoms with van der Waals surface area (Å²) in [5, 5.41) is 2.47. The van der Waals surface area contributed by atoms with Gasteiger partial charge in [-0.1, -0.05) is 23.7 Å². The number of rotatable bonds is 8. The van der Waals surface area contributed by atoms with E-state index in [1.54, 1.807) is 36.6 Å². The first-order chi connectivity index (χ1) is 14.3. The Bertz CT molecular complexity index is 994. The smallest absolute Gasteiger partial charge is 0.422 e. The molecule has 0 atom stereocenters. The SMILES string of the molecule is O=C(Nc1cccc(COCc2ccco2)c1)c1cnc(OCC(F)(F)F)c(Cl)c1. The van der Waals surface area contributed by atoms with Gasteiger partial charge in [0.25, 0.3) is 5.91 Å². The fraction of sp³-hybridized carbons (Fsp3) is 0.200. The molecule has 0 aliphatic heterocycles. The summed E-state index contributed by atoms with van der Waals surface area (Å²) in [6, 6.07) is 11.8. The first-order valence-corrected chi connectivity index (χ1v) is 9.03. The Balaban J connectivity index is 1.58. The number of anilines is 1. The second kappa shape index (κ2) is 9.64. The summed E-state index contributed by atoms with van der Waals surface area (Å²) in [5.74, 6) is -0.229. The maximum absolute atomic E-state index is 12.4. The predicted octanol–water partition coefficient (Wildman–Crippen LogP) is 5.24. The Labute approximate surface area is 174 Å². The van der Waals surface area contributed by atoms with E-state index >= 15 is 0 Å². The summed E-state index contributed by atoms with van der Waals surface area (Å²) in [5.41, 5.74) is 1.40. The number of carbonyl (C=O) groups excluding carboxylic acids is 1. The molecule has 1 aromatic carbocycles. The Kier molecular flexibility index (Phi) is 6.96. The summed E-state index contributed by atoms with van der Waals surface area (Å²) >= 11 is 5.87. The molecule has 0 saturated heterocycles. The molecular formula is C20H16ClF3N2O4. The van der Waals surface area contributed by atoms with Crippen molar-refractivity contribution in [3.8, 4) is 5.88 Å². The zero-order valence-electron chi connectivity index (χ0n) is 15.4. The molecule has 10 heteroatoms. The molecule has 0 fully saturated rings. The average molecular weight is 441 g/mol. The highest BCUT2D eigenvalue weighted by Crippen LogP contribution is 2.25. The molecule has 3 rings (SSSR count).